The minimum Gasteiger partial charge on any atom is -0.294 e. The topological polar surface area (TPSA) is 17.1 Å². The molecule has 0 aliphatic heterocycles. The maximum absolute atomic E-state index is 11.4. The van der Waals surface area contributed by atoms with Gasteiger partial charge < -0.3 is 0 Å². The van der Waals surface area contributed by atoms with Gasteiger partial charge in [0.1, 0.15) is 7.85 Å². The second-order valence-corrected chi connectivity index (χ2v) is 3.14. The molecule has 1 nitrogen and oxygen atoms in total. The quantitative estimate of drug-likeness (QED) is 0.468. The Morgan fingerprint density at radius 3 is 2.17 bits per heavy atom. The molecule has 2 radical (unpaired) electrons. The number of carbonyl (C=O) groups is 1. The van der Waals surface area contributed by atoms with Gasteiger partial charge in [0.25, 0.3) is 0 Å². The van der Waals surface area contributed by atoms with Crippen molar-refractivity contribution < 1.29 is 4.79 Å². The van der Waals surface area contributed by atoms with Crippen molar-refractivity contribution in [1.29, 1.82) is 0 Å². The van der Waals surface area contributed by atoms with Gasteiger partial charge in [-0.25, -0.2) is 0 Å². The van der Waals surface area contributed by atoms with E-state index in [4.69, 9.17) is 7.85 Å². The Labute approximate surface area is 74.2 Å². The molecule has 60 valence electrons. The smallest absolute Gasteiger partial charge is 0.165 e. The molecule has 1 aromatic carbocycles. The number of carbonyl (C=O) groups excluding carboxylic acids is 1. The highest BCUT2D eigenvalue weighted by Gasteiger charge is 2.08. The number of Topliss-reactive ketones (excluding diaryl/α,β-unsaturated/α-hetero) is 1. The fraction of sp³-hybridized carbons (Fsp3) is 0.300. The molecule has 0 saturated heterocycles. The lowest BCUT2D eigenvalue weighted by atomic mass is 9.93. The Balaban J connectivity index is 2.90. The second kappa shape index (κ2) is 3.57. The molecular weight excluding hydrogens is 147 g/mol. The molecule has 0 amide bonds. The minimum atomic E-state index is 0.0497. The fourth-order valence-electron chi connectivity index (χ4n) is 0.981. The molecule has 1 aromatic rings. The standard InChI is InChI=1S/C10H11BO/c1-7(2)10(12)8-3-5-9(11)6-4-8/h3-7H,1-2H3. The zero-order valence-electron chi connectivity index (χ0n) is 7.37. The average Bonchev–Trinajstić information content (AvgIpc) is 2.04. The van der Waals surface area contributed by atoms with E-state index < -0.39 is 0 Å². The predicted molar refractivity (Wildman–Crippen MR) is 51.0 cm³/mol. The van der Waals surface area contributed by atoms with E-state index in [1.54, 1.807) is 24.3 Å². The molecule has 0 N–H and O–H groups in total. The molecular formula is C10H11BO. The molecule has 0 aromatic heterocycles. The number of hydrogen-bond donors (Lipinski definition) is 0. The lowest BCUT2D eigenvalue weighted by molar-refractivity contribution is 0.0939. The van der Waals surface area contributed by atoms with E-state index >= 15 is 0 Å². The van der Waals surface area contributed by atoms with Crippen LogP contribution in [-0.2, 0) is 0 Å². The molecule has 0 atom stereocenters. The van der Waals surface area contributed by atoms with Crippen LogP contribution in [0.4, 0.5) is 0 Å². The van der Waals surface area contributed by atoms with Gasteiger partial charge >= 0.3 is 0 Å². The maximum Gasteiger partial charge on any atom is 0.165 e. The number of rotatable bonds is 2. The van der Waals surface area contributed by atoms with E-state index in [1.807, 2.05) is 13.8 Å². The van der Waals surface area contributed by atoms with Gasteiger partial charge in [0, 0.05) is 11.5 Å². The summed E-state index contributed by atoms with van der Waals surface area (Å²) in [6, 6.07) is 7.01. The maximum atomic E-state index is 11.4. The van der Waals surface area contributed by atoms with Gasteiger partial charge in [0.2, 0.25) is 0 Å². The van der Waals surface area contributed by atoms with Gasteiger partial charge in [-0.05, 0) is 0 Å². The van der Waals surface area contributed by atoms with Crippen LogP contribution in [0, 0.1) is 5.92 Å². The number of ketones is 1. The molecule has 1 rings (SSSR count). The monoisotopic (exact) mass is 158 g/mol. The molecule has 0 fully saturated rings. The van der Waals surface area contributed by atoms with Crippen LogP contribution >= 0.6 is 0 Å². The van der Waals surface area contributed by atoms with Crippen molar-refractivity contribution in [1.82, 2.24) is 0 Å². The highest BCUT2D eigenvalue weighted by atomic mass is 16.1. The van der Waals surface area contributed by atoms with Crippen LogP contribution in [-0.4, -0.2) is 13.6 Å². The number of benzene rings is 1. The van der Waals surface area contributed by atoms with Gasteiger partial charge in [0.05, 0.1) is 0 Å². The van der Waals surface area contributed by atoms with Gasteiger partial charge in [-0.15, -0.1) is 0 Å². The van der Waals surface area contributed by atoms with Crippen LogP contribution in [0.2, 0.25) is 0 Å². The second-order valence-electron chi connectivity index (χ2n) is 3.14. The van der Waals surface area contributed by atoms with Crippen LogP contribution < -0.4 is 5.46 Å². The summed E-state index contributed by atoms with van der Waals surface area (Å²) < 4.78 is 0. The van der Waals surface area contributed by atoms with Gasteiger partial charge in [-0.3, -0.25) is 4.79 Å². The summed E-state index contributed by atoms with van der Waals surface area (Å²) in [6.07, 6.45) is 0. The summed E-state index contributed by atoms with van der Waals surface area (Å²) >= 11 is 0. The van der Waals surface area contributed by atoms with Crippen molar-refractivity contribution in [3.05, 3.63) is 29.8 Å². The van der Waals surface area contributed by atoms with E-state index in [-0.39, 0.29) is 11.7 Å². The van der Waals surface area contributed by atoms with E-state index in [0.717, 1.165) is 5.56 Å². The minimum absolute atomic E-state index is 0.0497. The zero-order valence-corrected chi connectivity index (χ0v) is 7.37. The first kappa shape index (κ1) is 9.05. The molecule has 0 saturated carbocycles. The largest absolute Gasteiger partial charge is 0.294 e. The lowest BCUT2D eigenvalue weighted by Crippen LogP contribution is -2.09. The first-order valence-corrected chi connectivity index (χ1v) is 4.01. The Morgan fingerprint density at radius 2 is 1.75 bits per heavy atom. The molecule has 0 bridgehead atoms. The molecule has 0 aliphatic rings. The van der Waals surface area contributed by atoms with Crippen molar-refractivity contribution in [3.63, 3.8) is 0 Å². The van der Waals surface area contributed by atoms with Crippen LogP contribution in [0.1, 0.15) is 24.2 Å². The van der Waals surface area contributed by atoms with Crippen molar-refractivity contribution in [2.24, 2.45) is 5.92 Å². The molecule has 12 heavy (non-hydrogen) atoms. The Kier molecular flexibility index (Phi) is 2.69. The summed E-state index contributed by atoms with van der Waals surface area (Å²) in [6.45, 7) is 3.78. The van der Waals surface area contributed by atoms with Gasteiger partial charge in [0.15, 0.2) is 5.78 Å². The van der Waals surface area contributed by atoms with E-state index in [1.165, 1.54) is 0 Å². The van der Waals surface area contributed by atoms with Crippen molar-refractivity contribution in [2.75, 3.05) is 0 Å². The summed E-state index contributed by atoms with van der Waals surface area (Å²) in [7, 11) is 5.49. The average molecular weight is 158 g/mol. The van der Waals surface area contributed by atoms with Crippen LogP contribution in [0.25, 0.3) is 0 Å². The highest BCUT2D eigenvalue weighted by molar-refractivity contribution is 6.32. The zero-order chi connectivity index (χ0) is 9.14. The van der Waals surface area contributed by atoms with E-state index in [0.29, 0.717) is 5.46 Å². The first-order valence-electron chi connectivity index (χ1n) is 4.01. The summed E-state index contributed by atoms with van der Waals surface area (Å²) in [5.41, 5.74) is 1.43. The third kappa shape index (κ3) is 1.97. The highest BCUT2D eigenvalue weighted by Crippen LogP contribution is 2.05. The van der Waals surface area contributed by atoms with Crippen LogP contribution in [0.15, 0.2) is 24.3 Å². The van der Waals surface area contributed by atoms with Crippen molar-refractivity contribution in [3.8, 4) is 0 Å². The third-order valence-electron chi connectivity index (χ3n) is 1.72. The van der Waals surface area contributed by atoms with E-state index in [2.05, 4.69) is 0 Å². The molecule has 0 aliphatic carbocycles. The number of hydrogen-bond acceptors (Lipinski definition) is 1. The summed E-state index contributed by atoms with van der Waals surface area (Å²) in [5.74, 6) is 0.212. The molecule has 0 spiro atoms. The van der Waals surface area contributed by atoms with Crippen molar-refractivity contribution in [2.45, 2.75) is 13.8 Å². The van der Waals surface area contributed by atoms with Crippen molar-refractivity contribution >= 4 is 19.1 Å². The Morgan fingerprint density at radius 1 is 1.25 bits per heavy atom. The first-order chi connectivity index (χ1) is 5.61. The van der Waals surface area contributed by atoms with E-state index in [9.17, 15) is 4.79 Å². The Hall–Kier alpha value is -1.05. The molecule has 2 heteroatoms. The normalized spacial score (nSPS) is 10.2. The lowest BCUT2D eigenvalue weighted by Gasteiger charge is -2.03. The fourth-order valence-corrected chi connectivity index (χ4v) is 0.981. The Bertz CT molecular complexity index is 274. The van der Waals surface area contributed by atoms with Crippen LogP contribution in [0.3, 0.4) is 0 Å². The summed E-state index contributed by atoms with van der Waals surface area (Å²) in [5, 5.41) is 0. The molecule has 0 unspecified atom stereocenters. The van der Waals surface area contributed by atoms with Crippen LogP contribution in [0.5, 0.6) is 0 Å². The SMILES string of the molecule is [B]c1ccc(C(=O)C(C)C)cc1. The molecule has 0 heterocycles. The predicted octanol–water partition coefficient (Wildman–Crippen LogP) is 1.32. The third-order valence-corrected chi connectivity index (χ3v) is 1.72. The summed E-state index contributed by atoms with van der Waals surface area (Å²) in [4.78, 5) is 11.4. The van der Waals surface area contributed by atoms with Gasteiger partial charge in [-0.1, -0.05) is 43.6 Å². The van der Waals surface area contributed by atoms with Gasteiger partial charge in [-0.2, -0.15) is 0 Å².